The predicted molar refractivity (Wildman–Crippen MR) is 112 cm³/mol. The maximum atomic E-state index is 13.0. The van der Waals surface area contributed by atoms with Crippen molar-refractivity contribution in [2.75, 3.05) is 0 Å². The first-order chi connectivity index (χ1) is 14.1. The molecule has 1 saturated heterocycles. The molecule has 0 spiro atoms. The van der Waals surface area contributed by atoms with E-state index in [1.54, 1.807) is 18.3 Å². The van der Waals surface area contributed by atoms with Gasteiger partial charge in [0.15, 0.2) is 0 Å². The molecule has 152 valence electrons. The number of carbonyl (C=O) groups is 1. The zero-order chi connectivity index (χ0) is 20.2. The molecule has 5 rings (SSSR count). The molecule has 0 N–H and O–H groups in total. The van der Waals surface area contributed by atoms with Crippen molar-refractivity contribution >= 4 is 12.0 Å². The second-order valence-corrected chi connectivity index (χ2v) is 8.45. The summed E-state index contributed by atoms with van der Waals surface area (Å²) in [4.78, 5) is 15.4. The van der Waals surface area contributed by atoms with Gasteiger partial charge in [-0.2, -0.15) is 0 Å². The number of halogens is 1. The van der Waals surface area contributed by atoms with Gasteiger partial charge in [0.2, 0.25) is 0 Å². The highest BCUT2D eigenvalue weighted by molar-refractivity contribution is 5.72. The molecule has 1 aromatic carbocycles. The number of hydrogen-bond donors (Lipinski definition) is 0. The van der Waals surface area contributed by atoms with Crippen LogP contribution in [0.5, 0.6) is 0 Å². The lowest BCUT2D eigenvalue weighted by molar-refractivity contribution is -0.142. The van der Waals surface area contributed by atoms with Crippen LogP contribution in [0, 0.1) is 23.6 Å². The molecule has 4 heteroatoms. The summed E-state index contributed by atoms with van der Waals surface area (Å²) in [7, 11) is 0. The number of nitrogens with zero attached hydrogens (tertiary/aromatic N) is 1. The van der Waals surface area contributed by atoms with Gasteiger partial charge >= 0.3 is 5.97 Å². The fourth-order valence-electron chi connectivity index (χ4n) is 5.09. The zero-order valence-electron chi connectivity index (χ0n) is 16.7. The van der Waals surface area contributed by atoms with E-state index in [0.717, 1.165) is 28.7 Å². The van der Waals surface area contributed by atoms with Crippen molar-refractivity contribution in [1.82, 2.24) is 4.98 Å². The monoisotopic (exact) mass is 393 g/mol. The molecule has 0 amide bonds. The first-order valence-corrected chi connectivity index (χ1v) is 10.7. The van der Waals surface area contributed by atoms with Gasteiger partial charge in [0.05, 0.1) is 12.1 Å². The molecule has 2 saturated carbocycles. The largest absolute Gasteiger partial charge is 0.462 e. The summed E-state index contributed by atoms with van der Waals surface area (Å²) in [5.41, 5.74) is 2.55. The Bertz CT molecular complexity index is 839. The van der Waals surface area contributed by atoms with Crippen molar-refractivity contribution in [1.29, 1.82) is 0 Å². The van der Waals surface area contributed by atoms with E-state index in [1.807, 2.05) is 18.2 Å². The van der Waals surface area contributed by atoms with Crippen LogP contribution in [0.25, 0.3) is 17.2 Å². The lowest BCUT2D eigenvalue weighted by Crippen LogP contribution is -2.34. The van der Waals surface area contributed by atoms with Crippen LogP contribution in [-0.4, -0.2) is 17.1 Å². The predicted octanol–water partition coefficient (Wildman–Crippen LogP) is 6.05. The molecule has 1 aromatic heterocycles. The molecule has 2 aromatic rings. The van der Waals surface area contributed by atoms with E-state index in [4.69, 9.17) is 4.74 Å². The maximum Gasteiger partial charge on any atom is 0.306 e. The van der Waals surface area contributed by atoms with Gasteiger partial charge in [0, 0.05) is 17.7 Å². The van der Waals surface area contributed by atoms with Crippen molar-refractivity contribution < 1.29 is 13.9 Å². The topological polar surface area (TPSA) is 39.2 Å². The quantitative estimate of drug-likeness (QED) is 0.583. The van der Waals surface area contributed by atoms with Crippen molar-refractivity contribution in [3.63, 3.8) is 0 Å². The number of rotatable bonds is 2. The first kappa shape index (κ1) is 19.8. The lowest BCUT2D eigenvalue weighted by Gasteiger charge is -2.40. The fraction of sp³-hybridized carbons (Fsp3) is 0.440. The molecule has 3 unspecified atom stereocenters. The Morgan fingerprint density at radius 2 is 1.83 bits per heavy atom. The molecule has 3 fully saturated rings. The SMILES string of the molecule is C=Cc1ccc(-c2cccc(F)c2)cn1.O=C1CC2CC3CCCCC3C[C@@H]2O1. The van der Waals surface area contributed by atoms with Crippen LogP contribution in [0.3, 0.4) is 0 Å². The Morgan fingerprint density at radius 1 is 1.03 bits per heavy atom. The van der Waals surface area contributed by atoms with Gasteiger partial charge in [0.1, 0.15) is 11.9 Å². The summed E-state index contributed by atoms with van der Waals surface area (Å²) in [5, 5.41) is 0. The Balaban J connectivity index is 0.000000141. The van der Waals surface area contributed by atoms with Crippen LogP contribution < -0.4 is 0 Å². The molecule has 0 radical (unpaired) electrons. The van der Waals surface area contributed by atoms with E-state index < -0.39 is 0 Å². The minimum atomic E-state index is -0.236. The highest BCUT2D eigenvalue weighted by Crippen LogP contribution is 2.46. The molecule has 2 heterocycles. The summed E-state index contributed by atoms with van der Waals surface area (Å²) in [6.07, 6.45) is 12.4. The molecule has 3 aliphatic rings. The minimum absolute atomic E-state index is 0.0543. The van der Waals surface area contributed by atoms with Gasteiger partial charge in [-0.3, -0.25) is 9.78 Å². The van der Waals surface area contributed by atoms with E-state index in [1.165, 1.54) is 50.7 Å². The molecular formula is C25H28FNO2. The van der Waals surface area contributed by atoms with Gasteiger partial charge < -0.3 is 4.74 Å². The highest BCUT2D eigenvalue weighted by atomic mass is 19.1. The lowest BCUT2D eigenvalue weighted by atomic mass is 9.66. The van der Waals surface area contributed by atoms with Gasteiger partial charge in [-0.15, -0.1) is 0 Å². The molecule has 4 atom stereocenters. The third kappa shape index (κ3) is 4.75. The van der Waals surface area contributed by atoms with Gasteiger partial charge in [-0.05, 0) is 54.5 Å². The molecule has 1 aliphatic heterocycles. The third-order valence-corrected chi connectivity index (χ3v) is 6.60. The number of hydrogen-bond acceptors (Lipinski definition) is 3. The van der Waals surface area contributed by atoms with Crippen LogP contribution in [0.15, 0.2) is 49.2 Å². The van der Waals surface area contributed by atoms with Gasteiger partial charge in [0.25, 0.3) is 0 Å². The molecule has 3 nitrogen and oxygen atoms in total. The Kier molecular flexibility index (Phi) is 6.08. The van der Waals surface area contributed by atoms with E-state index in [9.17, 15) is 9.18 Å². The summed E-state index contributed by atoms with van der Waals surface area (Å²) >= 11 is 0. The average molecular weight is 394 g/mol. The number of benzene rings is 1. The van der Waals surface area contributed by atoms with Crippen molar-refractivity contribution in [3.8, 4) is 11.1 Å². The summed E-state index contributed by atoms with van der Waals surface area (Å²) in [6.45, 7) is 3.62. The Labute approximate surface area is 172 Å². The smallest absolute Gasteiger partial charge is 0.306 e. The molecule has 0 bridgehead atoms. The Morgan fingerprint density at radius 3 is 2.52 bits per heavy atom. The fourth-order valence-corrected chi connectivity index (χ4v) is 5.09. The normalized spacial score (nSPS) is 27.7. The van der Waals surface area contributed by atoms with Crippen LogP contribution in [0.1, 0.15) is 50.6 Å². The van der Waals surface area contributed by atoms with Crippen LogP contribution >= 0.6 is 0 Å². The highest BCUT2D eigenvalue weighted by Gasteiger charge is 2.44. The van der Waals surface area contributed by atoms with Gasteiger partial charge in [-0.25, -0.2) is 4.39 Å². The third-order valence-electron chi connectivity index (χ3n) is 6.60. The summed E-state index contributed by atoms with van der Waals surface area (Å²) in [6, 6.07) is 10.2. The Hall–Kier alpha value is -2.49. The standard InChI is InChI=1S/C13H10FN.C12H18O2/c1-2-13-7-6-11(9-15-13)10-4-3-5-12(14)8-10;13-12-7-10-5-8-3-1-2-4-9(8)6-11(10)14-12/h2-9H,1H2;8-11H,1-7H2/t;8?,9?,10?,11-/m.0/s1. The minimum Gasteiger partial charge on any atom is -0.462 e. The second kappa shape index (κ2) is 8.89. The molecule has 29 heavy (non-hydrogen) atoms. The first-order valence-electron chi connectivity index (χ1n) is 10.7. The van der Waals surface area contributed by atoms with Gasteiger partial charge in [-0.1, -0.05) is 50.5 Å². The second-order valence-electron chi connectivity index (χ2n) is 8.45. The number of pyridine rings is 1. The summed E-state index contributed by atoms with van der Waals surface area (Å²) < 4.78 is 18.3. The van der Waals surface area contributed by atoms with E-state index in [0.29, 0.717) is 18.4 Å². The van der Waals surface area contributed by atoms with E-state index in [-0.39, 0.29) is 11.8 Å². The number of aromatic nitrogens is 1. The number of esters is 1. The van der Waals surface area contributed by atoms with E-state index in [2.05, 4.69) is 11.6 Å². The van der Waals surface area contributed by atoms with Crippen molar-refractivity contribution in [2.24, 2.45) is 17.8 Å². The molecular weight excluding hydrogens is 365 g/mol. The number of fused-ring (bicyclic) bond motifs is 2. The molecule has 2 aliphatic carbocycles. The summed E-state index contributed by atoms with van der Waals surface area (Å²) in [5.74, 6) is 2.18. The maximum absolute atomic E-state index is 13.0. The van der Waals surface area contributed by atoms with Crippen LogP contribution in [-0.2, 0) is 9.53 Å². The zero-order valence-corrected chi connectivity index (χ0v) is 16.7. The number of ether oxygens (including phenoxy) is 1. The van der Waals surface area contributed by atoms with E-state index >= 15 is 0 Å². The van der Waals surface area contributed by atoms with Crippen LogP contribution in [0.2, 0.25) is 0 Å². The van der Waals surface area contributed by atoms with Crippen LogP contribution in [0.4, 0.5) is 4.39 Å². The van der Waals surface area contributed by atoms with Crippen molar-refractivity contribution in [2.45, 2.75) is 51.0 Å². The van der Waals surface area contributed by atoms with Crippen molar-refractivity contribution in [3.05, 3.63) is 60.7 Å². The average Bonchev–Trinajstić information content (AvgIpc) is 3.11. The number of carbonyl (C=O) groups excluding carboxylic acids is 1.